The molecule has 0 amide bonds. The van der Waals surface area contributed by atoms with Crippen LogP contribution in [0.2, 0.25) is 0 Å². The van der Waals surface area contributed by atoms with E-state index in [2.05, 4.69) is 13.8 Å². The first-order valence-corrected chi connectivity index (χ1v) is 6.76. The lowest BCUT2D eigenvalue weighted by Crippen LogP contribution is -2.16. The molecule has 0 bridgehead atoms. The predicted octanol–water partition coefficient (Wildman–Crippen LogP) is 4.35. The molecule has 0 N–H and O–H groups in total. The Balaban J connectivity index is 2.30. The summed E-state index contributed by atoms with van der Waals surface area (Å²) in [4.78, 5) is 12.0. The molecule has 0 spiro atoms. The first-order chi connectivity index (χ1) is 7.24. The molecule has 15 heavy (non-hydrogen) atoms. The van der Waals surface area contributed by atoms with Gasteiger partial charge in [0.2, 0.25) is 0 Å². The van der Waals surface area contributed by atoms with Crippen molar-refractivity contribution in [2.75, 3.05) is 0 Å². The number of hydrogen-bond donors (Lipinski definition) is 0. The summed E-state index contributed by atoms with van der Waals surface area (Å²) >= 11 is 0. The van der Waals surface area contributed by atoms with Gasteiger partial charge in [0.05, 0.1) is 0 Å². The fraction of sp³-hybridized carbons (Fsp3) is 0.929. The number of ketones is 1. The summed E-state index contributed by atoms with van der Waals surface area (Å²) in [5.74, 6) is 1.57. The molecule has 1 nitrogen and oxygen atoms in total. The van der Waals surface area contributed by atoms with Crippen molar-refractivity contribution >= 4 is 5.78 Å². The Morgan fingerprint density at radius 2 is 1.80 bits per heavy atom. The second kappa shape index (κ2) is 7.03. The van der Waals surface area contributed by atoms with E-state index in [9.17, 15) is 4.79 Å². The molecule has 1 fully saturated rings. The van der Waals surface area contributed by atoms with Crippen molar-refractivity contribution in [1.29, 1.82) is 0 Å². The van der Waals surface area contributed by atoms with Crippen molar-refractivity contribution in [1.82, 2.24) is 0 Å². The third-order valence-corrected chi connectivity index (χ3v) is 3.64. The van der Waals surface area contributed by atoms with Gasteiger partial charge in [0.1, 0.15) is 5.78 Å². The van der Waals surface area contributed by atoms with E-state index < -0.39 is 0 Å². The van der Waals surface area contributed by atoms with Gasteiger partial charge in [-0.25, -0.2) is 0 Å². The van der Waals surface area contributed by atoms with Gasteiger partial charge in [-0.1, -0.05) is 52.4 Å². The maximum atomic E-state index is 12.0. The molecule has 0 aromatic rings. The van der Waals surface area contributed by atoms with Gasteiger partial charge in [-0.15, -0.1) is 0 Å². The van der Waals surface area contributed by atoms with E-state index in [1.165, 1.54) is 38.5 Å². The lowest BCUT2D eigenvalue weighted by molar-refractivity contribution is -0.124. The molecule has 0 aromatic heterocycles. The van der Waals surface area contributed by atoms with E-state index in [-0.39, 0.29) is 0 Å². The lowest BCUT2D eigenvalue weighted by atomic mass is 9.88. The highest BCUT2D eigenvalue weighted by Gasteiger charge is 2.21. The van der Waals surface area contributed by atoms with Crippen LogP contribution in [0.25, 0.3) is 0 Å². The van der Waals surface area contributed by atoms with Gasteiger partial charge in [-0.05, 0) is 18.8 Å². The molecule has 0 radical (unpaired) electrons. The molecular formula is C14H26O. The van der Waals surface area contributed by atoms with Gasteiger partial charge in [-0.3, -0.25) is 4.79 Å². The summed E-state index contributed by atoms with van der Waals surface area (Å²) in [5.41, 5.74) is 0. The van der Waals surface area contributed by atoms with E-state index in [1.54, 1.807) is 0 Å². The predicted molar refractivity (Wildman–Crippen MR) is 64.9 cm³/mol. The number of carbonyl (C=O) groups excluding carboxylic acids is 1. The molecule has 1 aliphatic rings. The molecule has 88 valence electrons. The van der Waals surface area contributed by atoms with Crippen molar-refractivity contribution in [3.05, 3.63) is 0 Å². The molecule has 0 aliphatic heterocycles. The Hall–Kier alpha value is -0.330. The summed E-state index contributed by atoms with van der Waals surface area (Å²) in [6.45, 7) is 4.42. The van der Waals surface area contributed by atoms with Crippen LogP contribution in [0.1, 0.15) is 71.6 Å². The Labute approximate surface area is 94.6 Å². The zero-order valence-corrected chi connectivity index (χ0v) is 10.4. The maximum absolute atomic E-state index is 12.0. The van der Waals surface area contributed by atoms with Crippen LogP contribution in [0.5, 0.6) is 0 Å². The van der Waals surface area contributed by atoms with Gasteiger partial charge < -0.3 is 0 Å². The molecule has 1 rings (SSSR count). The fourth-order valence-electron chi connectivity index (χ4n) is 2.71. The van der Waals surface area contributed by atoms with Crippen LogP contribution in [0.15, 0.2) is 0 Å². The Morgan fingerprint density at radius 3 is 2.33 bits per heavy atom. The largest absolute Gasteiger partial charge is 0.299 e. The first kappa shape index (κ1) is 12.7. The van der Waals surface area contributed by atoms with Crippen LogP contribution in [0.3, 0.4) is 0 Å². The van der Waals surface area contributed by atoms with Crippen LogP contribution in [-0.4, -0.2) is 5.78 Å². The fourth-order valence-corrected chi connectivity index (χ4v) is 2.71. The standard InChI is InChI=1S/C14H26O/c1-3-8-12(2)11-14(15)13-9-6-4-5-7-10-13/h12-13H,3-11H2,1-2H3. The second-order valence-corrected chi connectivity index (χ2v) is 5.25. The summed E-state index contributed by atoms with van der Waals surface area (Å²) in [6, 6.07) is 0. The van der Waals surface area contributed by atoms with Crippen molar-refractivity contribution in [2.24, 2.45) is 11.8 Å². The van der Waals surface area contributed by atoms with E-state index in [0.29, 0.717) is 17.6 Å². The van der Waals surface area contributed by atoms with E-state index in [4.69, 9.17) is 0 Å². The number of carbonyl (C=O) groups is 1. The van der Waals surface area contributed by atoms with Crippen molar-refractivity contribution < 1.29 is 4.79 Å². The van der Waals surface area contributed by atoms with Crippen LogP contribution < -0.4 is 0 Å². The van der Waals surface area contributed by atoms with Gasteiger partial charge in [0.25, 0.3) is 0 Å². The highest BCUT2D eigenvalue weighted by Crippen LogP contribution is 2.26. The molecule has 1 atom stereocenters. The molecule has 1 aliphatic carbocycles. The third kappa shape index (κ3) is 4.81. The highest BCUT2D eigenvalue weighted by atomic mass is 16.1. The molecule has 1 unspecified atom stereocenters. The second-order valence-electron chi connectivity index (χ2n) is 5.25. The van der Waals surface area contributed by atoms with Crippen LogP contribution in [0.4, 0.5) is 0 Å². The lowest BCUT2D eigenvalue weighted by Gasteiger charge is -2.15. The van der Waals surface area contributed by atoms with Crippen molar-refractivity contribution in [2.45, 2.75) is 71.6 Å². The van der Waals surface area contributed by atoms with Gasteiger partial charge in [-0.2, -0.15) is 0 Å². The summed E-state index contributed by atoms with van der Waals surface area (Å²) in [5, 5.41) is 0. The molecule has 0 heterocycles. The van der Waals surface area contributed by atoms with Crippen molar-refractivity contribution in [3.8, 4) is 0 Å². The third-order valence-electron chi connectivity index (χ3n) is 3.64. The van der Waals surface area contributed by atoms with Crippen LogP contribution in [-0.2, 0) is 4.79 Å². The quantitative estimate of drug-likeness (QED) is 0.616. The average Bonchev–Trinajstić information content (AvgIpc) is 2.45. The topological polar surface area (TPSA) is 17.1 Å². The van der Waals surface area contributed by atoms with Gasteiger partial charge in [0, 0.05) is 12.3 Å². The van der Waals surface area contributed by atoms with Crippen LogP contribution in [0, 0.1) is 11.8 Å². The first-order valence-electron chi connectivity index (χ1n) is 6.76. The van der Waals surface area contributed by atoms with Crippen LogP contribution >= 0.6 is 0 Å². The van der Waals surface area contributed by atoms with Gasteiger partial charge in [0.15, 0.2) is 0 Å². The summed E-state index contributed by atoms with van der Waals surface area (Å²) in [7, 11) is 0. The normalized spacial score (nSPS) is 20.9. The van der Waals surface area contributed by atoms with E-state index in [1.807, 2.05) is 0 Å². The molecule has 1 saturated carbocycles. The average molecular weight is 210 g/mol. The number of Topliss-reactive ketones (excluding diaryl/α,β-unsaturated/α-hetero) is 1. The minimum absolute atomic E-state index is 0.409. The van der Waals surface area contributed by atoms with E-state index >= 15 is 0 Å². The van der Waals surface area contributed by atoms with E-state index in [0.717, 1.165) is 19.3 Å². The Morgan fingerprint density at radius 1 is 1.20 bits per heavy atom. The molecule has 1 heteroatoms. The van der Waals surface area contributed by atoms with Crippen molar-refractivity contribution in [3.63, 3.8) is 0 Å². The summed E-state index contributed by atoms with van der Waals surface area (Å²) in [6.07, 6.45) is 10.8. The Kier molecular flexibility index (Phi) is 5.97. The number of rotatable bonds is 5. The minimum Gasteiger partial charge on any atom is -0.299 e. The zero-order chi connectivity index (χ0) is 11.1. The zero-order valence-electron chi connectivity index (χ0n) is 10.4. The minimum atomic E-state index is 0.409. The molecule has 0 aromatic carbocycles. The smallest absolute Gasteiger partial charge is 0.136 e. The SMILES string of the molecule is CCCC(C)CC(=O)C1CCCCCC1. The maximum Gasteiger partial charge on any atom is 0.136 e. The highest BCUT2D eigenvalue weighted by molar-refractivity contribution is 5.81. The number of hydrogen-bond acceptors (Lipinski definition) is 1. The van der Waals surface area contributed by atoms with Gasteiger partial charge >= 0.3 is 0 Å². The molecule has 0 saturated heterocycles. The molecular weight excluding hydrogens is 184 g/mol. The monoisotopic (exact) mass is 210 g/mol. The summed E-state index contributed by atoms with van der Waals surface area (Å²) < 4.78 is 0. The Bertz CT molecular complexity index is 178.